The second-order valence-electron chi connectivity index (χ2n) is 7.17. The van der Waals surface area contributed by atoms with Gasteiger partial charge in [0.25, 0.3) is 5.56 Å². The largest absolute Gasteiger partial charge is 0.297 e. The number of rotatable bonds is 5. The first-order valence-electron chi connectivity index (χ1n) is 8.97. The van der Waals surface area contributed by atoms with Crippen LogP contribution in [0.2, 0.25) is 0 Å². The van der Waals surface area contributed by atoms with E-state index in [-0.39, 0.29) is 17.9 Å². The van der Waals surface area contributed by atoms with Gasteiger partial charge in [0.15, 0.2) is 5.78 Å². The van der Waals surface area contributed by atoms with Crippen LogP contribution in [0.15, 0.2) is 71.8 Å². The van der Waals surface area contributed by atoms with E-state index in [1.165, 1.54) is 10.9 Å². The number of ketones is 1. The molecular weight excluding hydrogens is 370 g/mol. The number of hydrogen-bond acceptors (Lipinski definition) is 5. The molecule has 0 saturated carbocycles. The van der Waals surface area contributed by atoms with Gasteiger partial charge in [0, 0.05) is 5.56 Å². The van der Waals surface area contributed by atoms with Gasteiger partial charge >= 0.3 is 0 Å². The molecule has 2 aromatic heterocycles. The lowest BCUT2D eigenvalue weighted by molar-refractivity contribution is -0.124. The Balaban J connectivity index is 1.68. The molecule has 6 heteroatoms. The van der Waals surface area contributed by atoms with E-state index in [0.717, 1.165) is 22.7 Å². The Labute approximate surface area is 166 Å². The van der Waals surface area contributed by atoms with E-state index in [0.29, 0.717) is 15.9 Å². The highest BCUT2D eigenvalue weighted by molar-refractivity contribution is 7.13. The molecule has 0 amide bonds. The molecule has 0 aliphatic heterocycles. The molecule has 28 heavy (non-hydrogen) atoms. The SMILES string of the molecule is CC(C)(C(=O)Cn1cnc2c(-c3ccccc3)nsc2c1=O)c1ccccc1. The summed E-state index contributed by atoms with van der Waals surface area (Å²) in [5.74, 6) is -0.0465. The van der Waals surface area contributed by atoms with Crippen molar-refractivity contribution in [2.24, 2.45) is 0 Å². The van der Waals surface area contributed by atoms with Crippen molar-refractivity contribution in [1.82, 2.24) is 13.9 Å². The maximum atomic E-state index is 12.9. The van der Waals surface area contributed by atoms with Gasteiger partial charge in [-0.3, -0.25) is 14.2 Å². The van der Waals surface area contributed by atoms with Gasteiger partial charge in [0.05, 0.1) is 18.3 Å². The molecular formula is C22H19N3O2S. The van der Waals surface area contributed by atoms with Crippen molar-refractivity contribution in [3.05, 3.63) is 82.9 Å². The van der Waals surface area contributed by atoms with E-state index in [4.69, 9.17) is 0 Å². The summed E-state index contributed by atoms with van der Waals surface area (Å²) in [6.45, 7) is 3.73. The van der Waals surface area contributed by atoms with Crippen LogP contribution in [0.4, 0.5) is 0 Å². The molecule has 0 N–H and O–H groups in total. The third kappa shape index (κ3) is 3.16. The molecule has 4 aromatic rings. The fourth-order valence-corrected chi connectivity index (χ4v) is 3.93. The van der Waals surface area contributed by atoms with E-state index in [1.807, 2.05) is 74.5 Å². The van der Waals surface area contributed by atoms with Gasteiger partial charge in [-0.05, 0) is 30.9 Å². The predicted octanol–water partition coefficient (Wildman–Crippen LogP) is 4.07. The van der Waals surface area contributed by atoms with E-state index in [1.54, 1.807) is 0 Å². The molecule has 0 aliphatic rings. The molecule has 140 valence electrons. The van der Waals surface area contributed by atoms with Crippen LogP contribution in [0.5, 0.6) is 0 Å². The normalized spacial score (nSPS) is 11.6. The van der Waals surface area contributed by atoms with Crippen molar-refractivity contribution >= 4 is 27.5 Å². The van der Waals surface area contributed by atoms with Crippen LogP contribution in [0.1, 0.15) is 19.4 Å². The van der Waals surface area contributed by atoms with Gasteiger partial charge < -0.3 is 0 Å². The number of carbonyl (C=O) groups excluding carboxylic acids is 1. The average Bonchev–Trinajstić information content (AvgIpc) is 3.16. The molecule has 0 spiro atoms. The van der Waals surface area contributed by atoms with Gasteiger partial charge in [-0.25, -0.2) is 4.98 Å². The molecule has 5 nitrogen and oxygen atoms in total. The maximum Gasteiger partial charge on any atom is 0.273 e. The average molecular weight is 389 g/mol. The zero-order chi connectivity index (χ0) is 19.7. The summed E-state index contributed by atoms with van der Waals surface area (Å²) in [6.07, 6.45) is 1.45. The number of carbonyl (C=O) groups is 1. The lowest BCUT2D eigenvalue weighted by Gasteiger charge is -2.24. The molecule has 2 heterocycles. The zero-order valence-corrected chi connectivity index (χ0v) is 16.4. The van der Waals surface area contributed by atoms with Gasteiger partial charge in [-0.1, -0.05) is 60.7 Å². The highest BCUT2D eigenvalue weighted by Gasteiger charge is 2.30. The van der Waals surface area contributed by atoms with Gasteiger partial charge in [-0.2, -0.15) is 4.37 Å². The summed E-state index contributed by atoms with van der Waals surface area (Å²) in [4.78, 5) is 30.3. The van der Waals surface area contributed by atoms with Crippen molar-refractivity contribution in [3.63, 3.8) is 0 Å². The first-order chi connectivity index (χ1) is 13.5. The third-order valence-electron chi connectivity index (χ3n) is 5.00. The Morgan fingerprint density at radius 1 is 1.04 bits per heavy atom. The molecule has 0 aliphatic carbocycles. The van der Waals surface area contributed by atoms with E-state index < -0.39 is 5.41 Å². The zero-order valence-electron chi connectivity index (χ0n) is 15.6. The first kappa shape index (κ1) is 18.3. The van der Waals surface area contributed by atoms with Gasteiger partial charge in [0.2, 0.25) is 0 Å². The lowest BCUT2D eigenvalue weighted by Crippen LogP contribution is -2.35. The first-order valence-corrected chi connectivity index (χ1v) is 9.75. The van der Waals surface area contributed by atoms with Gasteiger partial charge in [0.1, 0.15) is 15.9 Å². The Hall–Kier alpha value is -3.12. The summed E-state index contributed by atoms with van der Waals surface area (Å²) in [7, 11) is 0. The van der Waals surface area contributed by atoms with Crippen molar-refractivity contribution in [1.29, 1.82) is 0 Å². The molecule has 0 radical (unpaired) electrons. The second-order valence-corrected chi connectivity index (χ2v) is 7.94. The third-order valence-corrected chi connectivity index (χ3v) is 5.83. The van der Waals surface area contributed by atoms with Crippen LogP contribution in [-0.2, 0) is 16.8 Å². The smallest absolute Gasteiger partial charge is 0.273 e. The molecule has 0 saturated heterocycles. The Morgan fingerprint density at radius 2 is 1.68 bits per heavy atom. The van der Waals surface area contributed by atoms with Crippen molar-refractivity contribution in [2.75, 3.05) is 0 Å². The quantitative estimate of drug-likeness (QED) is 0.516. The monoisotopic (exact) mass is 389 g/mol. The van der Waals surface area contributed by atoms with Crippen molar-refractivity contribution < 1.29 is 4.79 Å². The maximum absolute atomic E-state index is 12.9. The number of fused-ring (bicyclic) bond motifs is 1. The minimum Gasteiger partial charge on any atom is -0.297 e. The van der Waals surface area contributed by atoms with Crippen molar-refractivity contribution in [2.45, 2.75) is 25.8 Å². The van der Waals surface area contributed by atoms with Crippen molar-refractivity contribution in [3.8, 4) is 11.3 Å². The highest BCUT2D eigenvalue weighted by Crippen LogP contribution is 2.27. The van der Waals surface area contributed by atoms with Crippen LogP contribution < -0.4 is 5.56 Å². The minimum absolute atomic E-state index is 0.0256. The summed E-state index contributed by atoms with van der Waals surface area (Å²) in [5, 5.41) is 0. The standard InChI is InChI=1S/C22H19N3O2S/c1-22(2,16-11-7-4-8-12-16)17(26)13-25-14-23-19-18(15-9-5-3-6-10-15)24-28-20(19)21(25)27/h3-12,14H,13H2,1-2H3. The molecule has 0 atom stereocenters. The van der Waals surface area contributed by atoms with Crippen LogP contribution in [-0.4, -0.2) is 19.7 Å². The number of aromatic nitrogens is 3. The molecule has 0 unspecified atom stereocenters. The number of benzene rings is 2. The molecule has 2 aromatic carbocycles. The van der Waals surface area contributed by atoms with E-state index >= 15 is 0 Å². The predicted molar refractivity (Wildman–Crippen MR) is 112 cm³/mol. The molecule has 0 fully saturated rings. The van der Waals surface area contributed by atoms with Crippen LogP contribution in [0.3, 0.4) is 0 Å². The fraction of sp³-hybridized carbons (Fsp3) is 0.182. The minimum atomic E-state index is -0.696. The summed E-state index contributed by atoms with van der Waals surface area (Å²) < 4.78 is 6.27. The topological polar surface area (TPSA) is 64.8 Å². The lowest BCUT2D eigenvalue weighted by atomic mass is 9.80. The summed E-state index contributed by atoms with van der Waals surface area (Å²) in [5.41, 5.74) is 2.18. The molecule has 0 bridgehead atoms. The Kier molecular flexibility index (Phi) is 4.65. The number of Topliss-reactive ketones (excluding diaryl/α,β-unsaturated/α-hetero) is 1. The second kappa shape index (κ2) is 7.13. The Bertz CT molecular complexity index is 1190. The van der Waals surface area contributed by atoms with E-state index in [9.17, 15) is 9.59 Å². The Morgan fingerprint density at radius 3 is 2.36 bits per heavy atom. The van der Waals surface area contributed by atoms with Crippen LogP contribution in [0.25, 0.3) is 21.5 Å². The fourth-order valence-electron chi connectivity index (χ4n) is 3.12. The number of nitrogens with zero attached hydrogens (tertiary/aromatic N) is 3. The van der Waals surface area contributed by atoms with E-state index in [2.05, 4.69) is 9.36 Å². The van der Waals surface area contributed by atoms with Gasteiger partial charge in [-0.15, -0.1) is 0 Å². The van der Waals surface area contributed by atoms with Crippen LogP contribution >= 0.6 is 11.5 Å². The summed E-state index contributed by atoms with van der Waals surface area (Å²) >= 11 is 1.12. The summed E-state index contributed by atoms with van der Waals surface area (Å²) in [6, 6.07) is 19.2. The highest BCUT2D eigenvalue weighted by atomic mass is 32.1. The molecule has 4 rings (SSSR count). The number of hydrogen-bond donors (Lipinski definition) is 0. The van der Waals surface area contributed by atoms with Crippen LogP contribution in [0, 0.1) is 0 Å².